The summed E-state index contributed by atoms with van der Waals surface area (Å²) in [4.78, 5) is 28.5. The first-order valence-corrected chi connectivity index (χ1v) is 10.4. The Balaban J connectivity index is 1.44. The third kappa shape index (κ3) is 4.27. The lowest BCUT2D eigenvalue weighted by Gasteiger charge is -2.26. The smallest absolute Gasteiger partial charge is 0.225 e. The van der Waals surface area contributed by atoms with E-state index in [1.165, 1.54) is 0 Å². The molecule has 27 heavy (non-hydrogen) atoms. The minimum Gasteiger partial charge on any atom is -0.381 e. The lowest BCUT2D eigenvalue weighted by Crippen LogP contribution is -2.37. The number of aryl methyl sites for hydroxylation is 2. The molecule has 1 unspecified atom stereocenters. The maximum atomic E-state index is 12.8. The van der Waals surface area contributed by atoms with E-state index in [0.29, 0.717) is 19.8 Å². The molecular weight excluding hydrogens is 362 g/mol. The van der Waals surface area contributed by atoms with Gasteiger partial charge in [0.05, 0.1) is 5.69 Å². The molecule has 0 bridgehead atoms. The number of rotatable bonds is 4. The monoisotopic (exact) mass is 387 g/mol. The van der Waals surface area contributed by atoms with Crippen molar-refractivity contribution in [2.24, 2.45) is 5.92 Å². The highest BCUT2D eigenvalue weighted by Crippen LogP contribution is 2.29. The summed E-state index contributed by atoms with van der Waals surface area (Å²) in [5.74, 6) is 2.15. The predicted molar refractivity (Wildman–Crippen MR) is 104 cm³/mol. The fourth-order valence-electron chi connectivity index (χ4n) is 3.73. The van der Waals surface area contributed by atoms with Crippen LogP contribution in [0.15, 0.2) is 11.4 Å². The number of amides is 1. The number of aromatic nitrogens is 3. The van der Waals surface area contributed by atoms with E-state index in [-0.39, 0.29) is 17.7 Å². The summed E-state index contributed by atoms with van der Waals surface area (Å²) in [5.41, 5.74) is 1.91. The van der Waals surface area contributed by atoms with Gasteiger partial charge in [0.2, 0.25) is 5.91 Å². The zero-order chi connectivity index (χ0) is 18.8. The van der Waals surface area contributed by atoms with Gasteiger partial charge in [0.15, 0.2) is 5.13 Å². The molecule has 4 rings (SSSR count). The lowest BCUT2D eigenvalue weighted by atomic mass is 9.99. The Kier molecular flexibility index (Phi) is 5.36. The van der Waals surface area contributed by atoms with Crippen LogP contribution in [-0.2, 0) is 9.53 Å². The Morgan fingerprint density at radius 3 is 2.74 bits per heavy atom. The zero-order valence-corrected chi connectivity index (χ0v) is 16.6. The fourth-order valence-corrected chi connectivity index (χ4v) is 4.43. The highest BCUT2D eigenvalue weighted by Gasteiger charge is 2.33. The average molecular weight is 388 g/mol. The number of hydrogen-bond donors (Lipinski definition) is 1. The van der Waals surface area contributed by atoms with Crippen LogP contribution in [-0.4, -0.2) is 52.1 Å². The van der Waals surface area contributed by atoms with Crippen LogP contribution in [0.1, 0.15) is 42.4 Å². The molecule has 0 aliphatic carbocycles. The summed E-state index contributed by atoms with van der Waals surface area (Å²) in [5, 5.41) is 6.12. The maximum Gasteiger partial charge on any atom is 0.225 e. The molecule has 144 valence electrons. The first-order chi connectivity index (χ1) is 13.1. The third-order valence-electron chi connectivity index (χ3n) is 5.16. The second-order valence-corrected chi connectivity index (χ2v) is 8.19. The van der Waals surface area contributed by atoms with Crippen molar-refractivity contribution in [2.75, 3.05) is 31.6 Å². The lowest BCUT2D eigenvalue weighted by molar-refractivity contribution is -0.137. The van der Waals surface area contributed by atoms with Crippen LogP contribution in [0.3, 0.4) is 0 Å². The Bertz CT molecular complexity index is 818. The van der Waals surface area contributed by atoms with Gasteiger partial charge in [-0.15, -0.1) is 11.3 Å². The van der Waals surface area contributed by atoms with Crippen LogP contribution < -0.4 is 5.32 Å². The molecule has 1 atom stereocenters. The highest BCUT2D eigenvalue weighted by molar-refractivity contribution is 7.13. The van der Waals surface area contributed by atoms with Gasteiger partial charge in [-0.1, -0.05) is 0 Å². The van der Waals surface area contributed by atoms with Crippen molar-refractivity contribution >= 4 is 28.2 Å². The van der Waals surface area contributed by atoms with E-state index in [4.69, 9.17) is 9.72 Å². The van der Waals surface area contributed by atoms with Gasteiger partial charge in [0, 0.05) is 55.3 Å². The molecule has 8 heteroatoms. The van der Waals surface area contributed by atoms with E-state index in [9.17, 15) is 4.79 Å². The minimum absolute atomic E-state index is 0.112. The number of likely N-dealkylation sites (tertiary alicyclic amines) is 1. The second-order valence-electron chi connectivity index (χ2n) is 7.33. The number of anilines is 2. The van der Waals surface area contributed by atoms with Crippen LogP contribution in [0.2, 0.25) is 0 Å². The Hall–Kier alpha value is -2.06. The molecule has 2 aliphatic heterocycles. The van der Waals surface area contributed by atoms with E-state index in [1.807, 2.05) is 30.2 Å². The van der Waals surface area contributed by atoms with Gasteiger partial charge in [-0.25, -0.2) is 15.0 Å². The van der Waals surface area contributed by atoms with Gasteiger partial charge in [0.25, 0.3) is 0 Å². The summed E-state index contributed by atoms with van der Waals surface area (Å²) in [6.45, 7) is 6.83. The summed E-state index contributed by atoms with van der Waals surface area (Å²) >= 11 is 1.56. The molecule has 2 aliphatic rings. The van der Waals surface area contributed by atoms with Crippen molar-refractivity contribution in [2.45, 2.75) is 39.0 Å². The number of nitrogens with zero attached hydrogens (tertiary/aromatic N) is 4. The second kappa shape index (κ2) is 7.90. The van der Waals surface area contributed by atoms with Crippen LogP contribution in [0, 0.1) is 19.8 Å². The number of carbonyl (C=O) groups is 1. The molecule has 0 aromatic carbocycles. The maximum absolute atomic E-state index is 12.8. The van der Waals surface area contributed by atoms with Crippen molar-refractivity contribution in [3.05, 3.63) is 28.7 Å². The molecule has 2 aromatic heterocycles. The molecule has 2 aromatic rings. The Labute approximate surface area is 163 Å². The topological polar surface area (TPSA) is 80.2 Å². The van der Waals surface area contributed by atoms with E-state index in [1.54, 1.807) is 11.3 Å². The number of hydrogen-bond acceptors (Lipinski definition) is 7. The van der Waals surface area contributed by atoms with Gasteiger partial charge < -0.3 is 15.0 Å². The first-order valence-electron chi connectivity index (χ1n) is 9.50. The average Bonchev–Trinajstić information content (AvgIpc) is 3.31. The van der Waals surface area contributed by atoms with Crippen molar-refractivity contribution < 1.29 is 9.53 Å². The predicted octanol–water partition coefficient (Wildman–Crippen LogP) is 3.04. The number of ether oxygens (including phenoxy) is 1. The number of thiazole rings is 1. The largest absolute Gasteiger partial charge is 0.381 e. The van der Waals surface area contributed by atoms with Gasteiger partial charge in [-0.3, -0.25) is 4.79 Å². The number of nitrogens with one attached hydrogen (secondary N) is 1. The van der Waals surface area contributed by atoms with Crippen LogP contribution >= 0.6 is 11.3 Å². The van der Waals surface area contributed by atoms with E-state index >= 15 is 0 Å². The highest BCUT2D eigenvalue weighted by atomic mass is 32.1. The molecule has 4 heterocycles. The van der Waals surface area contributed by atoms with Crippen molar-refractivity contribution in [3.63, 3.8) is 0 Å². The summed E-state index contributed by atoms with van der Waals surface area (Å²) in [7, 11) is 0. The SMILES string of the molecule is Cc1cc(Nc2nc(C)cs2)nc(C2CCN(C(=O)C3CCOCC3)C2)n1. The Morgan fingerprint density at radius 2 is 2.00 bits per heavy atom. The van der Waals surface area contributed by atoms with Crippen LogP contribution in [0.5, 0.6) is 0 Å². The van der Waals surface area contributed by atoms with Crippen molar-refractivity contribution in [1.29, 1.82) is 0 Å². The van der Waals surface area contributed by atoms with Crippen molar-refractivity contribution in [1.82, 2.24) is 19.9 Å². The third-order valence-corrected chi connectivity index (χ3v) is 6.04. The molecule has 2 saturated heterocycles. The van der Waals surface area contributed by atoms with Crippen LogP contribution in [0.25, 0.3) is 0 Å². The van der Waals surface area contributed by atoms with E-state index < -0.39 is 0 Å². The minimum atomic E-state index is 0.112. The first kappa shape index (κ1) is 18.3. The van der Waals surface area contributed by atoms with Gasteiger partial charge >= 0.3 is 0 Å². The van der Waals surface area contributed by atoms with Gasteiger partial charge in [-0.05, 0) is 33.1 Å². The zero-order valence-electron chi connectivity index (χ0n) is 15.8. The molecule has 0 saturated carbocycles. The molecular formula is C19H25N5O2S. The van der Waals surface area contributed by atoms with Gasteiger partial charge in [-0.2, -0.15) is 0 Å². The standard InChI is InChI=1S/C19H25N5O2S/c1-12-9-16(23-19-21-13(2)11-27-19)22-17(20-12)15-3-6-24(10-15)18(25)14-4-7-26-8-5-14/h9,11,14-15H,3-8,10H2,1-2H3,(H,20,21,22,23). The number of carbonyl (C=O) groups excluding carboxylic acids is 1. The molecule has 1 N–H and O–H groups in total. The van der Waals surface area contributed by atoms with Gasteiger partial charge in [0.1, 0.15) is 11.6 Å². The summed E-state index contributed by atoms with van der Waals surface area (Å²) in [6.07, 6.45) is 2.58. The van der Waals surface area contributed by atoms with E-state index in [2.05, 4.69) is 15.3 Å². The van der Waals surface area contributed by atoms with Crippen molar-refractivity contribution in [3.8, 4) is 0 Å². The van der Waals surface area contributed by atoms with E-state index in [0.717, 1.165) is 54.0 Å². The molecule has 7 nitrogen and oxygen atoms in total. The molecule has 2 fully saturated rings. The molecule has 1 amide bonds. The molecule has 0 radical (unpaired) electrons. The Morgan fingerprint density at radius 1 is 1.19 bits per heavy atom. The quantitative estimate of drug-likeness (QED) is 0.869. The molecule has 0 spiro atoms. The normalized spacial score (nSPS) is 20.8. The summed E-state index contributed by atoms with van der Waals surface area (Å²) in [6, 6.07) is 1.93. The summed E-state index contributed by atoms with van der Waals surface area (Å²) < 4.78 is 5.38. The van der Waals surface area contributed by atoms with Crippen LogP contribution in [0.4, 0.5) is 10.9 Å². The fraction of sp³-hybridized carbons (Fsp3) is 0.579.